The highest BCUT2D eigenvalue weighted by Crippen LogP contribution is 2.28. The fraction of sp³-hybridized carbons (Fsp3) is 0.0909. The van der Waals surface area contributed by atoms with E-state index in [1.807, 2.05) is 0 Å². The van der Waals surface area contributed by atoms with E-state index in [1.165, 1.54) is 25.3 Å². The van der Waals surface area contributed by atoms with E-state index in [0.29, 0.717) is 0 Å². The van der Waals surface area contributed by atoms with E-state index < -0.39 is 16.7 Å². The standard InChI is InChI=1S/C11H8FNO3S/c1-16-10(14)8-9(17-11(15)13-8)6-4-2-3-5-7(6)12/h2-5H,1H3,(H,13,15). The van der Waals surface area contributed by atoms with Crippen LogP contribution in [0.15, 0.2) is 29.1 Å². The lowest BCUT2D eigenvalue weighted by atomic mass is 10.1. The van der Waals surface area contributed by atoms with Crippen molar-refractivity contribution in [3.8, 4) is 10.4 Å². The van der Waals surface area contributed by atoms with Gasteiger partial charge in [0.2, 0.25) is 0 Å². The maximum absolute atomic E-state index is 13.6. The number of halogens is 1. The number of hydrogen-bond acceptors (Lipinski definition) is 4. The maximum Gasteiger partial charge on any atom is 0.356 e. The average molecular weight is 253 g/mol. The van der Waals surface area contributed by atoms with Crippen molar-refractivity contribution in [2.45, 2.75) is 0 Å². The Hall–Kier alpha value is -1.95. The molecule has 2 aromatic rings. The van der Waals surface area contributed by atoms with E-state index in [-0.39, 0.29) is 16.1 Å². The summed E-state index contributed by atoms with van der Waals surface area (Å²) in [6, 6.07) is 5.93. The summed E-state index contributed by atoms with van der Waals surface area (Å²) in [7, 11) is 1.20. The van der Waals surface area contributed by atoms with Crippen LogP contribution in [-0.4, -0.2) is 18.1 Å². The van der Waals surface area contributed by atoms with E-state index >= 15 is 0 Å². The van der Waals surface area contributed by atoms with Gasteiger partial charge in [-0.2, -0.15) is 0 Å². The largest absolute Gasteiger partial charge is 0.464 e. The number of methoxy groups -OCH3 is 1. The second-order valence-electron chi connectivity index (χ2n) is 3.19. The molecule has 0 aliphatic heterocycles. The first-order valence-corrected chi connectivity index (χ1v) is 5.51. The molecule has 1 aromatic heterocycles. The molecule has 0 spiro atoms. The van der Waals surface area contributed by atoms with E-state index in [0.717, 1.165) is 11.3 Å². The van der Waals surface area contributed by atoms with Gasteiger partial charge >= 0.3 is 10.8 Å². The molecule has 88 valence electrons. The van der Waals surface area contributed by atoms with Gasteiger partial charge in [0.1, 0.15) is 11.5 Å². The van der Waals surface area contributed by atoms with Crippen LogP contribution in [0.3, 0.4) is 0 Å². The van der Waals surface area contributed by atoms with Crippen LogP contribution in [0.5, 0.6) is 0 Å². The summed E-state index contributed by atoms with van der Waals surface area (Å²) in [5.41, 5.74) is 0.184. The number of nitrogens with one attached hydrogen (secondary N) is 1. The number of aromatic nitrogens is 1. The molecule has 0 bridgehead atoms. The molecule has 2 rings (SSSR count). The molecule has 0 unspecified atom stereocenters. The highest BCUT2D eigenvalue weighted by Gasteiger charge is 2.19. The zero-order chi connectivity index (χ0) is 12.4. The van der Waals surface area contributed by atoms with E-state index in [2.05, 4.69) is 9.72 Å². The van der Waals surface area contributed by atoms with Crippen LogP contribution < -0.4 is 4.87 Å². The Kier molecular flexibility index (Phi) is 3.06. The minimum atomic E-state index is -0.693. The van der Waals surface area contributed by atoms with Crippen LogP contribution in [0, 0.1) is 5.82 Å². The molecular weight excluding hydrogens is 245 g/mol. The molecule has 0 saturated heterocycles. The third-order valence-electron chi connectivity index (χ3n) is 2.16. The molecule has 1 N–H and O–H groups in total. The SMILES string of the molecule is COC(=O)c1[nH]c(=O)sc1-c1ccccc1F. The number of benzene rings is 1. The molecule has 0 atom stereocenters. The molecule has 0 aliphatic rings. The Morgan fingerprint density at radius 2 is 2.12 bits per heavy atom. The lowest BCUT2D eigenvalue weighted by Crippen LogP contribution is -2.06. The highest BCUT2D eigenvalue weighted by atomic mass is 32.1. The molecule has 1 aromatic carbocycles. The summed E-state index contributed by atoms with van der Waals surface area (Å²) in [5, 5.41) is 0. The highest BCUT2D eigenvalue weighted by molar-refractivity contribution is 7.13. The number of aromatic amines is 1. The van der Waals surface area contributed by atoms with Crippen LogP contribution in [0.4, 0.5) is 4.39 Å². The van der Waals surface area contributed by atoms with Crippen LogP contribution >= 0.6 is 11.3 Å². The molecule has 0 radical (unpaired) electrons. The van der Waals surface area contributed by atoms with Gasteiger partial charge in [-0.15, -0.1) is 0 Å². The topological polar surface area (TPSA) is 59.2 Å². The summed E-state index contributed by atoms with van der Waals surface area (Å²) in [6.45, 7) is 0. The first-order chi connectivity index (χ1) is 8.13. The summed E-state index contributed by atoms with van der Waals surface area (Å²) in [6.07, 6.45) is 0. The van der Waals surface area contributed by atoms with Gasteiger partial charge in [-0.1, -0.05) is 29.5 Å². The number of rotatable bonds is 2. The Bertz CT molecular complexity index is 617. The number of hydrogen-bond donors (Lipinski definition) is 1. The fourth-order valence-corrected chi connectivity index (χ4v) is 2.26. The van der Waals surface area contributed by atoms with Gasteiger partial charge in [-0.3, -0.25) is 4.79 Å². The van der Waals surface area contributed by atoms with Crippen molar-refractivity contribution in [2.75, 3.05) is 7.11 Å². The smallest absolute Gasteiger partial charge is 0.356 e. The summed E-state index contributed by atoms with van der Waals surface area (Å²) in [5.74, 6) is -1.19. The number of H-pyrrole nitrogens is 1. The Balaban J connectivity index is 2.64. The Labute approximate surface area is 99.7 Å². The normalized spacial score (nSPS) is 10.2. The van der Waals surface area contributed by atoms with Gasteiger partial charge in [0.25, 0.3) is 0 Å². The quantitative estimate of drug-likeness (QED) is 0.833. The summed E-state index contributed by atoms with van der Waals surface area (Å²) in [4.78, 5) is 24.8. The fourth-order valence-electron chi connectivity index (χ4n) is 1.41. The second-order valence-corrected chi connectivity index (χ2v) is 4.17. The molecule has 1 heterocycles. The van der Waals surface area contributed by atoms with Crippen molar-refractivity contribution >= 4 is 17.3 Å². The van der Waals surface area contributed by atoms with Crippen molar-refractivity contribution in [1.29, 1.82) is 0 Å². The van der Waals surface area contributed by atoms with Gasteiger partial charge in [-0.25, -0.2) is 9.18 Å². The first-order valence-electron chi connectivity index (χ1n) is 4.70. The minimum Gasteiger partial charge on any atom is -0.464 e. The molecule has 0 aliphatic carbocycles. The molecule has 17 heavy (non-hydrogen) atoms. The first kappa shape index (κ1) is 11.5. The molecule has 0 fully saturated rings. The monoisotopic (exact) mass is 253 g/mol. The van der Waals surface area contributed by atoms with Crippen molar-refractivity contribution in [3.63, 3.8) is 0 Å². The zero-order valence-corrected chi connectivity index (χ0v) is 9.64. The lowest BCUT2D eigenvalue weighted by molar-refractivity contribution is 0.0595. The van der Waals surface area contributed by atoms with Crippen LogP contribution in [0.1, 0.15) is 10.5 Å². The lowest BCUT2D eigenvalue weighted by Gasteiger charge is -2.02. The van der Waals surface area contributed by atoms with E-state index in [4.69, 9.17) is 0 Å². The third-order valence-corrected chi connectivity index (χ3v) is 3.07. The van der Waals surface area contributed by atoms with Crippen molar-refractivity contribution in [2.24, 2.45) is 0 Å². The third kappa shape index (κ3) is 2.12. The molecule has 6 heteroatoms. The zero-order valence-electron chi connectivity index (χ0n) is 8.82. The van der Waals surface area contributed by atoms with Gasteiger partial charge in [0.05, 0.1) is 12.0 Å². The number of carbonyl (C=O) groups excluding carboxylic acids is 1. The predicted molar refractivity (Wildman–Crippen MR) is 61.7 cm³/mol. The van der Waals surface area contributed by atoms with Crippen LogP contribution in [0.2, 0.25) is 0 Å². The summed E-state index contributed by atoms with van der Waals surface area (Å²) >= 11 is 0.773. The molecule has 4 nitrogen and oxygen atoms in total. The Morgan fingerprint density at radius 1 is 1.41 bits per heavy atom. The van der Waals surface area contributed by atoms with Crippen LogP contribution in [-0.2, 0) is 4.74 Å². The van der Waals surface area contributed by atoms with Gasteiger partial charge in [-0.05, 0) is 6.07 Å². The molecule has 0 amide bonds. The molecular formula is C11H8FNO3S. The van der Waals surface area contributed by atoms with Crippen LogP contribution in [0.25, 0.3) is 10.4 Å². The summed E-state index contributed by atoms with van der Waals surface area (Å²) < 4.78 is 18.1. The minimum absolute atomic E-state index is 0.0207. The molecule has 0 saturated carbocycles. The van der Waals surface area contributed by atoms with Crippen molar-refractivity contribution in [3.05, 3.63) is 45.4 Å². The van der Waals surface area contributed by atoms with Gasteiger partial charge < -0.3 is 9.72 Å². The van der Waals surface area contributed by atoms with E-state index in [9.17, 15) is 14.0 Å². The predicted octanol–water partition coefficient (Wildman–Crippen LogP) is 2.03. The second kappa shape index (κ2) is 4.50. The van der Waals surface area contributed by atoms with Gasteiger partial charge in [0, 0.05) is 5.56 Å². The van der Waals surface area contributed by atoms with Gasteiger partial charge in [0.15, 0.2) is 0 Å². The number of carbonyl (C=O) groups is 1. The van der Waals surface area contributed by atoms with E-state index in [1.54, 1.807) is 6.07 Å². The maximum atomic E-state index is 13.6. The number of ether oxygens (including phenoxy) is 1. The number of esters is 1. The van der Waals surface area contributed by atoms with Crippen molar-refractivity contribution in [1.82, 2.24) is 4.98 Å². The van der Waals surface area contributed by atoms with Crippen molar-refractivity contribution < 1.29 is 13.9 Å². The number of thiazole rings is 1. The average Bonchev–Trinajstić information content (AvgIpc) is 2.71. The Morgan fingerprint density at radius 3 is 2.76 bits per heavy atom.